The molecule has 0 saturated heterocycles. The first kappa shape index (κ1) is 36.1. The van der Waals surface area contributed by atoms with Crippen LogP contribution in [0.25, 0.3) is 0 Å². The fourth-order valence-electron chi connectivity index (χ4n) is 4.30. The number of carboxylic acid groups (broad SMARTS) is 2. The molecule has 0 heterocycles. The summed E-state index contributed by atoms with van der Waals surface area (Å²) in [4.78, 5) is 51.7. The maximum atomic E-state index is 13.1. The first-order chi connectivity index (χ1) is 19.2. The number of carbonyl (C=O) groups is 4. The van der Waals surface area contributed by atoms with E-state index in [1.807, 2.05) is 24.3 Å². The number of aliphatic carboxylic acids is 2. The van der Waals surface area contributed by atoms with E-state index in [0.29, 0.717) is 45.4 Å². The van der Waals surface area contributed by atoms with Crippen LogP contribution in [0.15, 0.2) is 87.6 Å². The second-order valence-corrected chi connectivity index (χ2v) is 9.37. The predicted octanol–water partition coefficient (Wildman–Crippen LogP) is 5.43. The van der Waals surface area contributed by atoms with E-state index < -0.39 is 23.8 Å². The van der Waals surface area contributed by atoms with Crippen LogP contribution in [-0.2, 0) is 19.2 Å². The molecule has 0 bridgehead atoms. The summed E-state index contributed by atoms with van der Waals surface area (Å²) < 4.78 is 0. The molecule has 0 fully saturated rings. The number of hydrogen-bond acceptors (Lipinski definition) is 4. The van der Waals surface area contributed by atoms with Crippen molar-refractivity contribution >= 4 is 23.8 Å². The van der Waals surface area contributed by atoms with Crippen LogP contribution in [0.5, 0.6) is 0 Å². The number of hydrogen-bond donors (Lipinski definition) is 2. The van der Waals surface area contributed by atoms with Crippen LogP contribution in [0.4, 0.5) is 0 Å². The van der Waals surface area contributed by atoms with Gasteiger partial charge in [-0.15, -0.1) is 32.9 Å². The van der Waals surface area contributed by atoms with Gasteiger partial charge in [0.2, 0.25) is 11.8 Å². The largest absolute Gasteiger partial charge is 0.481 e. The molecule has 3 atom stereocenters. The smallest absolute Gasteiger partial charge is 0.304 e. The van der Waals surface area contributed by atoms with E-state index in [9.17, 15) is 29.4 Å². The summed E-state index contributed by atoms with van der Waals surface area (Å²) in [5.74, 6) is -4.22. The van der Waals surface area contributed by atoms with Crippen molar-refractivity contribution in [2.75, 3.05) is 26.2 Å². The van der Waals surface area contributed by atoms with Gasteiger partial charge >= 0.3 is 11.9 Å². The van der Waals surface area contributed by atoms with E-state index in [4.69, 9.17) is 0 Å². The van der Waals surface area contributed by atoms with Gasteiger partial charge in [-0.2, -0.15) is 0 Å². The molecule has 0 aromatic carbocycles. The van der Waals surface area contributed by atoms with Gasteiger partial charge in [0.05, 0.1) is 24.7 Å². The zero-order valence-corrected chi connectivity index (χ0v) is 23.7. The van der Waals surface area contributed by atoms with E-state index in [1.165, 1.54) is 9.80 Å². The van der Waals surface area contributed by atoms with Crippen molar-refractivity contribution in [3.8, 4) is 0 Å². The fraction of sp³-hybridized carbons (Fsp3) is 0.438. The van der Waals surface area contributed by atoms with E-state index in [2.05, 4.69) is 32.9 Å². The number of unbranched alkanes of at least 4 members (excludes halogenated alkanes) is 1. The molecule has 0 aromatic heterocycles. The summed E-state index contributed by atoms with van der Waals surface area (Å²) in [6.07, 6.45) is 18.3. The molecule has 2 amide bonds. The second-order valence-electron chi connectivity index (χ2n) is 9.37. The Morgan fingerprint density at radius 2 is 1.07 bits per heavy atom. The number of allylic oxidation sites excluding steroid dienone is 5. The molecule has 0 radical (unpaired) electrons. The van der Waals surface area contributed by atoms with Crippen molar-refractivity contribution in [1.82, 2.24) is 9.80 Å². The zero-order valence-electron chi connectivity index (χ0n) is 23.7. The molecule has 0 spiro atoms. The quantitative estimate of drug-likeness (QED) is 0.121. The van der Waals surface area contributed by atoms with Crippen LogP contribution in [0.3, 0.4) is 0 Å². The lowest BCUT2D eigenvalue weighted by Gasteiger charge is -2.28. The minimum Gasteiger partial charge on any atom is -0.481 e. The summed E-state index contributed by atoms with van der Waals surface area (Å²) in [5.41, 5.74) is 0. The maximum Gasteiger partial charge on any atom is 0.304 e. The molecule has 40 heavy (non-hydrogen) atoms. The van der Waals surface area contributed by atoms with Crippen LogP contribution in [0.2, 0.25) is 0 Å². The summed E-state index contributed by atoms with van der Waals surface area (Å²) in [5, 5.41) is 18.6. The van der Waals surface area contributed by atoms with Crippen molar-refractivity contribution in [2.24, 2.45) is 17.8 Å². The van der Waals surface area contributed by atoms with Crippen LogP contribution in [0, 0.1) is 17.8 Å². The number of carboxylic acids is 2. The molecule has 8 heteroatoms. The second kappa shape index (κ2) is 21.9. The number of carbonyl (C=O) groups excluding carboxylic acids is 2. The standard InChI is InChI=1S/C32H46N2O6/c1-6-20-33(21-7-2)31(39)27(24-29(35)36)19-17-15-13-11-12-14-16-18-26(10-5)28(25-30(37)38)32(40)34(22-8-3)23-9-4/h6-10,12,14-15,17,26-28H,1-5,11,13,16,18-25H2,(H,35,36)(H,37,38)/b14-12+,17-15+. The van der Waals surface area contributed by atoms with Gasteiger partial charge in [-0.1, -0.05) is 54.7 Å². The molecular formula is C32H46N2O6. The van der Waals surface area contributed by atoms with E-state index in [-0.39, 0.29) is 30.6 Å². The normalized spacial score (nSPS) is 13.2. The Balaban J connectivity index is 4.96. The first-order valence-corrected chi connectivity index (χ1v) is 13.5. The lowest BCUT2D eigenvalue weighted by Crippen LogP contribution is -2.40. The lowest BCUT2D eigenvalue weighted by molar-refractivity contribution is -0.145. The Labute approximate surface area is 239 Å². The Kier molecular flexibility index (Phi) is 19.8. The molecule has 0 aliphatic rings. The van der Waals surface area contributed by atoms with Crippen molar-refractivity contribution < 1.29 is 29.4 Å². The third kappa shape index (κ3) is 14.9. The van der Waals surface area contributed by atoms with Crippen LogP contribution < -0.4 is 0 Å². The number of nitrogens with zero attached hydrogens (tertiary/aromatic N) is 2. The SMILES string of the molecule is C=CCN(CC=C)C(=O)C(C/C=C/CC/C=C/CCC(C=C)C(CC(=O)O)C(=O)N(CC=C)CC=C)CC(=O)O. The molecule has 0 aliphatic carbocycles. The van der Waals surface area contributed by atoms with Gasteiger partial charge in [-0.05, 0) is 38.0 Å². The summed E-state index contributed by atoms with van der Waals surface area (Å²) in [6, 6.07) is 0. The average Bonchev–Trinajstić information content (AvgIpc) is 2.91. The highest BCUT2D eigenvalue weighted by molar-refractivity contribution is 5.84. The van der Waals surface area contributed by atoms with E-state index in [1.54, 1.807) is 30.4 Å². The molecule has 0 saturated carbocycles. The lowest BCUT2D eigenvalue weighted by atomic mass is 9.84. The van der Waals surface area contributed by atoms with E-state index >= 15 is 0 Å². The Morgan fingerprint density at radius 3 is 1.52 bits per heavy atom. The van der Waals surface area contributed by atoms with Crippen LogP contribution in [0.1, 0.15) is 44.9 Å². The van der Waals surface area contributed by atoms with Gasteiger partial charge in [0.25, 0.3) is 0 Å². The molecule has 220 valence electrons. The minimum absolute atomic E-state index is 0.236. The van der Waals surface area contributed by atoms with Crippen molar-refractivity contribution in [3.05, 3.63) is 87.6 Å². The van der Waals surface area contributed by atoms with Gasteiger partial charge in [-0.3, -0.25) is 19.2 Å². The molecule has 0 aliphatic heterocycles. The Morgan fingerprint density at radius 1 is 0.625 bits per heavy atom. The van der Waals surface area contributed by atoms with Gasteiger partial charge in [0.15, 0.2) is 0 Å². The first-order valence-electron chi connectivity index (χ1n) is 13.5. The zero-order chi connectivity index (χ0) is 30.3. The Bertz CT molecular complexity index is 916. The van der Waals surface area contributed by atoms with Gasteiger partial charge in [-0.25, -0.2) is 0 Å². The van der Waals surface area contributed by atoms with Crippen molar-refractivity contribution in [2.45, 2.75) is 44.9 Å². The highest BCUT2D eigenvalue weighted by Crippen LogP contribution is 2.25. The highest BCUT2D eigenvalue weighted by atomic mass is 16.4. The summed E-state index contributed by atoms with van der Waals surface area (Å²) in [6.45, 7) is 19.8. The highest BCUT2D eigenvalue weighted by Gasteiger charge is 2.31. The fourth-order valence-corrected chi connectivity index (χ4v) is 4.30. The molecule has 3 unspecified atom stereocenters. The summed E-state index contributed by atoms with van der Waals surface area (Å²) in [7, 11) is 0. The van der Waals surface area contributed by atoms with Crippen molar-refractivity contribution in [3.63, 3.8) is 0 Å². The topological polar surface area (TPSA) is 115 Å². The Hall–Kier alpha value is -3.94. The monoisotopic (exact) mass is 554 g/mol. The van der Waals surface area contributed by atoms with Crippen LogP contribution in [-0.4, -0.2) is 69.9 Å². The molecule has 8 nitrogen and oxygen atoms in total. The molecule has 0 aromatic rings. The minimum atomic E-state index is -1.04. The third-order valence-corrected chi connectivity index (χ3v) is 6.24. The van der Waals surface area contributed by atoms with E-state index in [0.717, 1.165) is 12.8 Å². The third-order valence-electron chi connectivity index (χ3n) is 6.24. The average molecular weight is 555 g/mol. The summed E-state index contributed by atoms with van der Waals surface area (Å²) >= 11 is 0. The molecular weight excluding hydrogens is 508 g/mol. The maximum absolute atomic E-state index is 13.1. The van der Waals surface area contributed by atoms with Crippen LogP contribution >= 0.6 is 0 Å². The molecule has 2 N–H and O–H groups in total. The van der Waals surface area contributed by atoms with Gasteiger partial charge in [0.1, 0.15) is 0 Å². The molecule has 0 rings (SSSR count). The number of amides is 2. The predicted molar refractivity (Wildman–Crippen MR) is 160 cm³/mol. The van der Waals surface area contributed by atoms with Gasteiger partial charge < -0.3 is 20.0 Å². The number of rotatable bonds is 24. The van der Waals surface area contributed by atoms with Crippen molar-refractivity contribution in [1.29, 1.82) is 0 Å². The van der Waals surface area contributed by atoms with Gasteiger partial charge in [0, 0.05) is 26.2 Å².